The minimum atomic E-state index is -4.58. The van der Waals surface area contributed by atoms with Crippen LogP contribution in [-0.4, -0.2) is 42.7 Å². The van der Waals surface area contributed by atoms with Crippen LogP contribution in [0, 0.1) is 21.4 Å². The molecule has 8 nitrogen and oxygen atoms in total. The highest BCUT2D eigenvalue weighted by Crippen LogP contribution is 2.27. The summed E-state index contributed by atoms with van der Waals surface area (Å²) in [6, 6.07) is 11.8. The Kier molecular flexibility index (Phi) is 6.82. The van der Waals surface area contributed by atoms with Crippen LogP contribution >= 0.6 is 0 Å². The number of piperidine rings is 1. The summed E-state index contributed by atoms with van der Waals surface area (Å²) in [5, 5.41) is 22.9. The van der Waals surface area contributed by atoms with Gasteiger partial charge < -0.3 is 15.0 Å². The zero-order valence-electron chi connectivity index (χ0n) is 16.8. The predicted octanol–water partition coefficient (Wildman–Crippen LogP) is 3.81. The van der Waals surface area contributed by atoms with Crippen molar-refractivity contribution in [1.29, 1.82) is 5.26 Å². The number of anilines is 1. The third-order valence-electron chi connectivity index (χ3n) is 5.00. The molecule has 0 unspecified atom stereocenters. The lowest BCUT2D eigenvalue weighted by molar-refractivity contribution is -0.385. The van der Waals surface area contributed by atoms with Gasteiger partial charge in [0.25, 0.3) is 11.6 Å². The summed E-state index contributed by atoms with van der Waals surface area (Å²) in [6.07, 6.45) is -3.43. The van der Waals surface area contributed by atoms with Crippen molar-refractivity contribution in [2.24, 2.45) is 0 Å². The van der Waals surface area contributed by atoms with Gasteiger partial charge in [-0.05, 0) is 49.2 Å². The topological polar surface area (TPSA) is 108 Å². The number of amides is 1. The summed E-state index contributed by atoms with van der Waals surface area (Å²) >= 11 is 0. The van der Waals surface area contributed by atoms with E-state index in [9.17, 15) is 28.1 Å². The van der Waals surface area contributed by atoms with E-state index in [1.165, 1.54) is 0 Å². The van der Waals surface area contributed by atoms with Crippen molar-refractivity contribution in [1.82, 2.24) is 5.32 Å². The molecule has 1 fully saturated rings. The van der Waals surface area contributed by atoms with E-state index >= 15 is 0 Å². The van der Waals surface area contributed by atoms with Gasteiger partial charge in [0.15, 0.2) is 6.61 Å². The van der Waals surface area contributed by atoms with Crippen LogP contribution < -0.4 is 15.0 Å². The second-order valence-corrected chi connectivity index (χ2v) is 7.23. The molecule has 11 heteroatoms. The number of nitrogens with zero attached hydrogens (tertiary/aromatic N) is 3. The molecule has 0 aliphatic carbocycles. The van der Waals surface area contributed by atoms with E-state index in [4.69, 9.17) is 5.26 Å². The van der Waals surface area contributed by atoms with Crippen molar-refractivity contribution in [3.63, 3.8) is 0 Å². The van der Waals surface area contributed by atoms with Crippen LogP contribution in [0.3, 0.4) is 0 Å². The molecule has 1 aliphatic rings. The number of nitrogens with one attached hydrogen (secondary N) is 1. The maximum Gasteiger partial charge on any atom is 0.422 e. The first-order valence-corrected chi connectivity index (χ1v) is 9.70. The van der Waals surface area contributed by atoms with Crippen LogP contribution in [0.5, 0.6) is 5.75 Å². The molecule has 32 heavy (non-hydrogen) atoms. The molecule has 168 valence electrons. The molecule has 1 heterocycles. The molecule has 2 aromatic carbocycles. The number of alkyl halides is 3. The lowest BCUT2D eigenvalue weighted by atomic mass is 10.0. The highest BCUT2D eigenvalue weighted by molar-refractivity contribution is 5.98. The van der Waals surface area contributed by atoms with E-state index in [2.05, 4.69) is 21.0 Å². The zero-order chi connectivity index (χ0) is 23.3. The van der Waals surface area contributed by atoms with Gasteiger partial charge in [0.1, 0.15) is 11.3 Å². The summed E-state index contributed by atoms with van der Waals surface area (Å²) in [4.78, 5) is 25.3. The summed E-state index contributed by atoms with van der Waals surface area (Å²) < 4.78 is 41.7. The fraction of sp³-hybridized carbons (Fsp3) is 0.333. The number of nitro groups is 1. The van der Waals surface area contributed by atoms with Gasteiger partial charge in [0.2, 0.25) is 0 Å². The molecule has 0 aromatic heterocycles. The van der Waals surface area contributed by atoms with Crippen molar-refractivity contribution >= 4 is 17.3 Å². The summed E-state index contributed by atoms with van der Waals surface area (Å²) in [5.41, 5.74) is 0.624. The number of hydrogen-bond donors (Lipinski definition) is 1. The lowest BCUT2D eigenvalue weighted by Crippen LogP contribution is -2.44. The molecule has 0 atom stereocenters. The number of hydrogen-bond acceptors (Lipinski definition) is 6. The van der Waals surface area contributed by atoms with Gasteiger partial charge >= 0.3 is 6.18 Å². The van der Waals surface area contributed by atoms with Crippen LogP contribution in [0.4, 0.5) is 24.5 Å². The molecule has 0 saturated carbocycles. The third kappa shape index (κ3) is 5.87. The summed E-state index contributed by atoms with van der Waals surface area (Å²) in [5.74, 6) is -1.03. The van der Waals surface area contributed by atoms with Crippen LogP contribution in [-0.2, 0) is 0 Å². The molecule has 0 bridgehead atoms. The number of carbonyl (C=O) groups excluding carboxylic acids is 1. The Morgan fingerprint density at radius 3 is 2.44 bits per heavy atom. The van der Waals surface area contributed by atoms with Gasteiger partial charge in [-0.15, -0.1) is 0 Å². The first kappa shape index (κ1) is 22.9. The molecule has 0 spiro atoms. The highest BCUT2D eigenvalue weighted by Gasteiger charge is 2.30. The molecular weight excluding hydrogens is 429 g/mol. The van der Waals surface area contributed by atoms with E-state index < -0.39 is 29.3 Å². The first-order valence-electron chi connectivity index (χ1n) is 9.70. The van der Waals surface area contributed by atoms with E-state index in [0.29, 0.717) is 31.5 Å². The van der Waals surface area contributed by atoms with Crippen LogP contribution in [0.2, 0.25) is 0 Å². The van der Waals surface area contributed by atoms with E-state index in [-0.39, 0.29) is 17.4 Å². The molecule has 0 radical (unpaired) electrons. The van der Waals surface area contributed by atoms with Crippen LogP contribution in [0.25, 0.3) is 0 Å². The molecular formula is C21H19F3N4O4. The Morgan fingerprint density at radius 2 is 1.88 bits per heavy atom. The fourth-order valence-electron chi connectivity index (χ4n) is 3.40. The SMILES string of the molecule is N#Cc1ccc(N2CCC(NC(=O)c3cc(OCC(F)(F)F)ccc3[N+](=O)[O-])CC2)cc1. The van der Waals surface area contributed by atoms with Gasteiger partial charge in [0, 0.05) is 30.9 Å². The lowest BCUT2D eigenvalue weighted by Gasteiger charge is -2.34. The summed E-state index contributed by atoms with van der Waals surface area (Å²) in [6.45, 7) is -0.332. The zero-order valence-corrected chi connectivity index (χ0v) is 16.8. The van der Waals surface area contributed by atoms with E-state index in [1.807, 2.05) is 12.1 Å². The average molecular weight is 448 g/mol. The van der Waals surface area contributed by atoms with Crippen molar-refractivity contribution in [2.75, 3.05) is 24.6 Å². The monoisotopic (exact) mass is 448 g/mol. The maximum absolute atomic E-state index is 12.7. The minimum Gasteiger partial charge on any atom is -0.484 e. The maximum atomic E-state index is 12.7. The van der Waals surface area contributed by atoms with E-state index in [0.717, 1.165) is 23.9 Å². The van der Waals surface area contributed by atoms with Gasteiger partial charge in [0.05, 0.1) is 16.6 Å². The largest absolute Gasteiger partial charge is 0.484 e. The van der Waals surface area contributed by atoms with Crippen molar-refractivity contribution < 1.29 is 27.6 Å². The Hall–Kier alpha value is -3.81. The number of ether oxygens (including phenoxy) is 1. The third-order valence-corrected chi connectivity index (χ3v) is 5.00. The highest BCUT2D eigenvalue weighted by atomic mass is 19.4. The van der Waals surface area contributed by atoms with Gasteiger partial charge in [-0.25, -0.2) is 0 Å². The summed E-state index contributed by atoms with van der Waals surface area (Å²) in [7, 11) is 0. The van der Waals surface area contributed by atoms with Gasteiger partial charge in [-0.1, -0.05) is 0 Å². The molecule has 2 aromatic rings. The second-order valence-electron chi connectivity index (χ2n) is 7.23. The molecule has 1 amide bonds. The molecule has 1 aliphatic heterocycles. The van der Waals surface area contributed by atoms with Gasteiger partial charge in [-0.2, -0.15) is 18.4 Å². The van der Waals surface area contributed by atoms with Crippen LogP contribution in [0.15, 0.2) is 42.5 Å². The van der Waals surface area contributed by atoms with E-state index in [1.54, 1.807) is 12.1 Å². The number of nitro benzene ring substituents is 1. The Bertz CT molecular complexity index is 1030. The number of halogens is 3. The normalized spacial score (nSPS) is 14.5. The fourth-order valence-corrected chi connectivity index (χ4v) is 3.40. The van der Waals surface area contributed by atoms with Crippen molar-refractivity contribution in [3.8, 4) is 11.8 Å². The first-order chi connectivity index (χ1) is 15.2. The van der Waals surface area contributed by atoms with Crippen molar-refractivity contribution in [2.45, 2.75) is 25.1 Å². The van der Waals surface area contributed by atoms with Gasteiger partial charge in [-0.3, -0.25) is 14.9 Å². The Labute approximate surface area is 181 Å². The smallest absolute Gasteiger partial charge is 0.422 e. The molecule has 1 saturated heterocycles. The number of carbonyl (C=O) groups is 1. The number of rotatable bonds is 6. The second kappa shape index (κ2) is 9.55. The molecule has 3 rings (SSSR count). The molecule has 1 N–H and O–H groups in total. The predicted molar refractivity (Wildman–Crippen MR) is 109 cm³/mol. The van der Waals surface area contributed by atoms with Crippen LogP contribution in [0.1, 0.15) is 28.8 Å². The average Bonchev–Trinajstić information content (AvgIpc) is 2.77. The number of benzene rings is 2. The Morgan fingerprint density at radius 1 is 1.22 bits per heavy atom. The number of nitriles is 1. The standard InChI is InChI=1S/C21H19F3N4O4/c22-21(23,24)13-32-17-5-6-19(28(30)31)18(11-17)20(29)26-15-7-9-27(10-8-15)16-3-1-14(12-25)2-4-16/h1-6,11,15H,7-10,13H2,(H,26,29). The van der Waals surface area contributed by atoms with Crippen molar-refractivity contribution in [3.05, 3.63) is 63.7 Å². The minimum absolute atomic E-state index is 0.253. The Balaban J connectivity index is 1.64. The quantitative estimate of drug-likeness (QED) is 0.532.